The van der Waals surface area contributed by atoms with E-state index >= 15 is 0 Å². The van der Waals surface area contributed by atoms with E-state index in [1.807, 2.05) is 11.0 Å². The highest BCUT2D eigenvalue weighted by molar-refractivity contribution is 7.91. The summed E-state index contributed by atoms with van der Waals surface area (Å²) in [6.45, 7) is 1.39. The van der Waals surface area contributed by atoms with Gasteiger partial charge in [-0.05, 0) is 73.6 Å². The van der Waals surface area contributed by atoms with E-state index in [2.05, 4.69) is 5.32 Å². The molecule has 9 heteroatoms. The van der Waals surface area contributed by atoms with Crippen LogP contribution < -0.4 is 10.2 Å². The van der Waals surface area contributed by atoms with E-state index in [1.54, 1.807) is 12.1 Å². The zero-order chi connectivity index (χ0) is 22.9. The standard InChI is InChI=1S/C23H25F3N2O3S/c24-23(25,26)18-7-9-21(28-11-1-2-12-28)20(15-18)27-22(29)10-13-32(30,31)19-8-6-16-4-3-5-17(16)14-19/h6-9,14-15H,1-5,10-13H2,(H,27,29). The number of anilines is 2. The topological polar surface area (TPSA) is 66.5 Å². The average molecular weight is 467 g/mol. The molecule has 1 aliphatic heterocycles. The number of benzene rings is 2. The van der Waals surface area contributed by atoms with Crippen molar-refractivity contribution in [1.82, 2.24) is 0 Å². The van der Waals surface area contributed by atoms with Gasteiger partial charge in [-0.2, -0.15) is 13.2 Å². The fourth-order valence-corrected chi connectivity index (χ4v) is 5.63. The minimum atomic E-state index is -4.54. The Kier molecular flexibility index (Phi) is 6.20. The summed E-state index contributed by atoms with van der Waals surface area (Å²) in [5.41, 5.74) is 1.89. The van der Waals surface area contributed by atoms with Crippen LogP contribution in [0.5, 0.6) is 0 Å². The number of nitrogens with one attached hydrogen (secondary N) is 1. The SMILES string of the molecule is O=C(CCS(=O)(=O)c1ccc2c(c1)CCC2)Nc1cc(C(F)(F)F)ccc1N1CCCC1. The summed E-state index contributed by atoms with van der Waals surface area (Å²) in [4.78, 5) is 14.6. The molecule has 5 nitrogen and oxygen atoms in total. The number of hydrogen-bond acceptors (Lipinski definition) is 4. The maximum Gasteiger partial charge on any atom is 0.416 e. The largest absolute Gasteiger partial charge is 0.416 e. The summed E-state index contributed by atoms with van der Waals surface area (Å²) in [7, 11) is -3.68. The van der Waals surface area contributed by atoms with Crippen LogP contribution in [0, 0.1) is 0 Å². The summed E-state index contributed by atoms with van der Waals surface area (Å²) in [5.74, 6) is -1.04. The first-order valence-electron chi connectivity index (χ1n) is 10.7. The van der Waals surface area contributed by atoms with Crippen molar-refractivity contribution < 1.29 is 26.4 Å². The third kappa shape index (κ3) is 4.92. The van der Waals surface area contributed by atoms with Crippen molar-refractivity contribution in [2.24, 2.45) is 0 Å². The number of aryl methyl sites for hydroxylation is 2. The summed E-state index contributed by atoms with van der Waals surface area (Å²) in [6.07, 6.45) is -0.254. The highest BCUT2D eigenvalue weighted by Gasteiger charge is 2.32. The predicted octanol–water partition coefficient (Wildman–Crippen LogP) is 4.60. The van der Waals surface area contributed by atoms with Gasteiger partial charge in [-0.1, -0.05) is 6.07 Å². The van der Waals surface area contributed by atoms with Gasteiger partial charge in [0.1, 0.15) is 0 Å². The van der Waals surface area contributed by atoms with Crippen LogP contribution in [0.15, 0.2) is 41.3 Å². The lowest BCUT2D eigenvalue weighted by atomic mass is 10.1. The van der Waals surface area contributed by atoms with Gasteiger partial charge in [-0.15, -0.1) is 0 Å². The second-order valence-corrected chi connectivity index (χ2v) is 10.4. The molecule has 1 fully saturated rings. The molecule has 0 radical (unpaired) electrons. The molecule has 32 heavy (non-hydrogen) atoms. The van der Waals surface area contributed by atoms with E-state index < -0.39 is 33.2 Å². The number of halogens is 3. The molecule has 172 valence electrons. The Hall–Kier alpha value is -2.55. The quantitative estimate of drug-likeness (QED) is 0.676. The molecule has 0 spiro atoms. The van der Waals surface area contributed by atoms with Gasteiger partial charge in [0.25, 0.3) is 0 Å². The third-order valence-electron chi connectivity index (χ3n) is 6.07. The maximum atomic E-state index is 13.2. The van der Waals surface area contributed by atoms with Crippen LogP contribution in [0.2, 0.25) is 0 Å². The number of rotatable bonds is 6. The van der Waals surface area contributed by atoms with E-state index in [0.29, 0.717) is 18.8 Å². The molecule has 0 unspecified atom stereocenters. The summed E-state index contributed by atoms with van der Waals surface area (Å²) in [6, 6.07) is 8.34. The van der Waals surface area contributed by atoms with Crippen molar-refractivity contribution in [3.63, 3.8) is 0 Å². The van der Waals surface area contributed by atoms with Crippen LogP contribution >= 0.6 is 0 Å². The van der Waals surface area contributed by atoms with Crippen LogP contribution in [-0.4, -0.2) is 33.2 Å². The van der Waals surface area contributed by atoms with Gasteiger partial charge in [-0.25, -0.2) is 8.42 Å². The zero-order valence-corrected chi connectivity index (χ0v) is 18.4. The van der Waals surface area contributed by atoms with Gasteiger partial charge in [0.05, 0.1) is 27.6 Å². The fraction of sp³-hybridized carbons (Fsp3) is 0.435. The van der Waals surface area contributed by atoms with E-state index in [1.165, 1.54) is 6.07 Å². The van der Waals surface area contributed by atoms with Gasteiger partial charge in [0.15, 0.2) is 9.84 Å². The van der Waals surface area contributed by atoms with Gasteiger partial charge in [0, 0.05) is 19.5 Å². The Morgan fingerprint density at radius 3 is 2.41 bits per heavy atom. The summed E-state index contributed by atoms with van der Waals surface area (Å²) in [5, 5.41) is 2.52. The molecule has 1 heterocycles. The van der Waals surface area contributed by atoms with Crippen LogP contribution in [0.25, 0.3) is 0 Å². The Morgan fingerprint density at radius 2 is 1.69 bits per heavy atom. The molecular formula is C23H25F3N2O3S. The lowest BCUT2D eigenvalue weighted by molar-refractivity contribution is -0.137. The maximum absolute atomic E-state index is 13.2. The molecule has 0 atom stereocenters. The number of carbonyl (C=O) groups is 1. The van der Waals surface area contributed by atoms with Gasteiger partial charge in [0.2, 0.25) is 5.91 Å². The van der Waals surface area contributed by atoms with Crippen molar-refractivity contribution in [2.45, 2.75) is 49.6 Å². The van der Waals surface area contributed by atoms with Crippen LogP contribution in [0.4, 0.5) is 24.5 Å². The molecule has 0 saturated carbocycles. The van der Waals surface area contributed by atoms with Crippen LogP contribution in [0.3, 0.4) is 0 Å². The highest BCUT2D eigenvalue weighted by Crippen LogP contribution is 2.36. The van der Waals surface area contributed by atoms with Crippen molar-refractivity contribution >= 4 is 27.1 Å². The number of amides is 1. The van der Waals surface area contributed by atoms with Gasteiger partial charge >= 0.3 is 6.18 Å². The minimum Gasteiger partial charge on any atom is -0.370 e. The van der Waals surface area contributed by atoms with Crippen molar-refractivity contribution in [3.8, 4) is 0 Å². The number of fused-ring (bicyclic) bond motifs is 1. The third-order valence-corrected chi connectivity index (χ3v) is 7.79. The fourth-order valence-electron chi connectivity index (χ4n) is 4.35. The Labute approximate surface area is 185 Å². The van der Waals surface area contributed by atoms with Gasteiger partial charge in [-0.3, -0.25) is 4.79 Å². The smallest absolute Gasteiger partial charge is 0.370 e. The van der Waals surface area contributed by atoms with Crippen molar-refractivity contribution in [1.29, 1.82) is 0 Å². The number of hydrogen-bond donors (Lipinski definition) is 1. The molecule has 1 N–H and O–H groups in total. The van der Waals surface area contributed by atoms with Crippen molar-refractivity contribution in [3.05, 3.63) is 53.1 Å². The Balaban J connectivity index is 1.48. The second kappa shape index (κ2) is 8.77. The summed E-state index contributed by atoms with van der Waals surface area (Å²) >= 11 is 0. The van der Waals surface area contributed by atoms with Gasteiger partial charge < -0.3 is 10.2 Å². The molecule has 2 aromatic carbocycles. The molecule has 0 aromatic heterocycles. The first-order valence-corrected chi connectivity index (χ1v) is 12.4. The highest BCUT2D eigenvalue weighted by atomic mass is 32.2. The Bertz CT molecular complexity index is 1120. The molecule has 2 aliphatic rings. The molecule has 1 amide bonds. The number of carbonyl (C=O) groups excluding carboxylic acids is 1. The van der Waals surface area contributed by atoms with E-state index in [0.717, 1.165) is 55.4 Å². The average Bonchev–Trinajstić information content (AvgIpc) is 3.43. The number of nitrogens with zero attached hydrogens (tertiary/aromatic N) is 1. The monoisotopic (exact) mass is 466 g/mol. The number of sulfone groups is 1. The zero-order valence-electron chi connectivity index (χ0n) is 17.5. The predicted molar refractivity (Wildman–Crippen MR) is 117 cm³/mol. The van der Waals surface area contributed by atoms with Crippen LogP contribution in [-0.2, 0) is 33.6 Å². The Morgan fingerprint density at radius 1 is 0.969 bits per heavy atom. The van der Waals surface area contributed by atoms with E-state index in [4.69, 9.17) is 0 Å². The first kappa shape index (κ1) is 22.6. The van der Waals surface area contributed by atoms with Crippen LogP contribution in [0.1, 0.15) is 42.4 Å². The molecule has 0 bridgehead atoms. The first-order chi connectivity index (χ1) is 15.1. The number of alkyl halides is 3. The van der Waals surface area contributed by atoms with Crippen molar-refractivity contribution in [2.75, 3.05) is 29.1 Å². The molecule has 1 aliphatic carbocycles. The molecule has 4 rings (SSSR count). The molecule has 1 saturated heterocycles. The second-order valence-electron chi connectivity index (χ2n) is 8.32. The lowest BCUT2D eigenvalue weighted by Gasteiger charge is -2.23. The van der Waals surface area contributed by atoms with E-state index in [9.17, 15) is 26.4 Å². The minimum absolute atomic E-state index is 0.0571. The molecule has 2 aromatic rings. The normalized spacial score (nSPS) is 16.3. The lowest BCUT2D eigenvalue weighted by Crippen LogP contribution is -2.23. The summed E-state index contributed by atoms with van der Waals surface area (Å²) < 4.78 is 65.0. The molecular weight excluding hydrogens is 441 g/mol. The van der Waals surface area contributed by atoms with E-state index in [-0.39, 0.29) is 17.0 Å².